The van der Waals surface area contributed by atoms with Gasteiger partial charge in [0.25, 0.3) is 0 Å². The van der Waals surface area contributed by atoms with Gasteiger partial charge in [-0.05, 0) is 17.7 Å². The molecule has 2 heterocycles. The summed E-state index contributed by atoms with van der Waals surface area (Å²) in [6, 6.07) is 20.8. The average molecular weight is 346 g/mol. The summed E-state index contributed by atoms with van der Waals surface area (Å²) in [6.45, 7) is 4.41. The second-order valence-electron chi connectivity index (χ2n) is 6.29. The molecule has 6 heteroatoms. The van der Waals surface area contributed by atoms with Gasteiger partial charge < -0.3 is 15.1 Å². The number of hydrogen-bond acceptors (Lipinski definition) is 6. The smallest absolute Gasteiger partial charge is 0.247 e. The summed E-state index contributed by atoms with van der Waals surface area (Å²) in [6.07, 6.45) is 1.67. The molecule has 1 fully saturated rings. The quantitative estimate of drug-likeness (QED) is 0.767. The van der Waals surface area contributed by atoms with E-state index in [0.717, 1.165) is 38.5 Å². The topological polar surface area (TPSA) is 57.2 Å². The van der Waals surface area contributed by atoms with E-state index in [0.29, 0.717) is 5.95 Å². The van der Waals surface area contributed by atoms with E-state index in [1.165, 1.54) is 11.3 Å². The van der Waals surface area contributed by atoms with Crippen molar-refractivity contribution in [3.63, 3.8) is 0 Å². The Morgan fingerprint density at radius 1 is 0.808 bits per heavy atom. The first-order valence-electron chi connectivity index (χ1n) is 8.91. The third-order valence-electron chi connectivity index (χ3n) is 4.55. The van der Waals surface area contributed by atoms with E-state index < -0.39 is 0 Å². The van der Waals surface area contributed by atoms with Crippen molar-refractivity contribution in [3.05, 3.63) is 72.4 Å². The van der Waals surface area contributed by atoms with E-state index in [-0.39, 0.29) is 0 Å². The van der Waals surface area contributed by atoms with Crippen molar-refractivity contribution in [1.29, 1.82) is 0 Å². The molecule has 0 saturated carbocycles. The van der Waals surface area contributed by atoms with E-state index in [1.54, 1.807) is 6.20 Å². The molecule has 0 bridgehead atoms. The van der Waals surface area contributed by atoms with Gasteiger partial charge in [0.2, 0.25) is 5.95 Å². The number of piperazine rings is 1. The highest BCUT2D eigenvalue weighted by Gasteiger charge is 2.19. The Balaban J connectivity index is 1.36. The summed E-state index contributed by atoms with van der Waals surface area (Å²) in [4.78, 5) is 9.22. The van der Waals surface area contributed by atoms with Crippen molar-refractivity contribution in [2.45, 2.75) is 6.54 Å². The molecule has 0 radical (unpaired) electrons. The van der Waals surface area contributed by atoms with Crippen LogP contribution in [0.4, 0.5) is 17.5 Å². The van der Waals surface area contributed by atoms with Crippen LogP contribution in [0, 0.1) is 0 Å². The Morgan fingerprint density at radius 3 is 2.19 bits per heavy atom. The fourth-order valence-electron chi connectivity index (χ4n) is 3.11. The molecule has 2 aromatic carbocycles. The number of hydrogen-bond donors (Lipinski definition) is 1. The number of aromatic nitrogens is 3. The molecular formula is C20H22N6. The molecule has 1 aliphatic rings. The van der Waals surface area contributed by atoms with Crippen molar-refractivity contribution in [2.24, 2.45) is 0 Å². The standard InChI is InChI=1S/C20H22N6/c1-3-7-17(8-4-1)15-21-19-16-22-24-20(23-19)26-13-11-25(12-14-26)18-9-5-2-6-10-18/h1-10,16H,11-15H2,(H,21,23,24). The summed E-state index contributed by atoms with van der Waals surface area (Å²) in [5.74, 6) is 1.44. The first-order chi connectivity index (χ1) is 12.9. The predicted octanol–water partition coefficient (Wildman–Crippen LogP) is 2.81. The summed E-state index contributed by atoms with van der Waals surface area (Å²) in [7, 11) is 0. The molecule has 1 aromatic heterocycles. The molecule has 26 heavy (non-hydrogen) atoms. The number of rotatable bonds is 5. The molecular weight excluding hydrogens is 324 g/mol. The second kappa shape index (κ2) is 7.82. The average Bonchev–Trinajstić information content (AvgIpc) is 2.74. The summed E-state index contributed by atoms with van der Waals surface area (Å²) in [5.41, 5.74) is 2.48. The van der Waals surface area contributed by atoms with Crippen LogP contribution in [0.2, 0.25) is 0 Å². The van der Waals surface area contributed by atoms with Crippen LogP contribution in [0.5, 0.6) is 0 Å². The van der Waals surface area contributed by atoms with Crippen LogP contribution in [0.1, 0.15) is 5.56 Å². The number of para-hydroxylation sites is 1. The van der Waals surface area contributed by atoms with Crippen molar-refractivity contribution in [2.75, 3.05) is 41.3 Å². The Kier molecular flexibility index (Phi) is 4.91. The van der Waals surface area contributed by atoms with Crippen LogP contribution >= 0.6 is 0 Å². The number of nitrogens with one attached hydrogen (secondary N) is 1. The maximum Gasteiger partial charge on any atom is 0.247 e. The minimum atomic E-state index is 0.691. The van der Waals surface area contributed by atoms with Crippen LogP contribution in [0.25, 0.3) is 0 Å². The van der Waals surface area contributed by atoms with E-state index in [4.69, 9.17) is 0 Å². The molecule has 1 saturated heterocycles. The van der Waals surface area contributed by atoms with Gasteiger partial charge in [0, 0.05) is 38.4 Å². The normalized spacial score (nSPS) is 14.3. The predicted molar refractivity (Wildman–Crippen MR) is 104 cm³/mol. The Bertz CT molecular complexity index is 816. The molecule has 4 rings (SSSR count). The molecule has 0 spiro atoms. The lowest BCUT2D eigenvalue weighted by molar-refractivity contribution is 0.635. The summed E-state index contributed by atoms with van der Waals surface area (Å²) >= 11 is 0. The zero-order chi connectivity index (χ0) is 17.6. The Hall–Kier alpha value is -3.15. The van der Waals surface area contributed by atoms with E-state index >= 15 is 0 Å². The molecule has 0 atom stereocenters. The van der Waals surface area contributed by atoms with Gasteiger partial charge in [0.1, 0.15) is 0 Å². The van der Waals surface area contributed by atoms with E-state index in [2.05, 4.69) is 66.7 Å². The fourth-order valence-corrected chi connectivity index (χ4v) is 3.11. The van der Waals surface area contributed by atoms with Crippen LogP contribution in [-0.2, 0) is 6.54 Å². The van der Waals surface area contributed by atoms with Gasteiger partial charge in [-0.15, -0.1) is 5.10 Å². The molecule has 0 unspecified atom stereocenters. The molecule has 6 nitrogen and oxygen atoms in total. The summed E-state index contributed by atoms with van der Waals surface area (Å²) < 4.78 is 0. The zero-order valence-electron chi connectivity index (χ0n) is 14.6. The lowest BCUT2D eigenvalue weighted by atomic mass is 10.2. The third kappa shape index (κ3) is 3.91. The van der Waals surface area contributed by atoms with Gasteiger partial charge >= 0.3 is 0 Å². The molecule has 3 aromatic rings. The van der Waals surface area contributed by atoms with Crippen molar-refractivity contribution in [3.8, 4) is 0 Å². The fraction of sp³-hybridized carbons (Fsp3) is 0.250. The highest BCUT2D eigenvalue weighted by molar-refractivity contribution is 5.48. The van der Waals surface area contributed by atoms with Crippen molar-refractivity contribution >= 4 is 17.5 Å². The highest BCUT2D eigenvalue weighted by Crippen LogP contribution is 2.18. The molecule has 1 aliphatic heterocycles. The van der Waals surface area contributed by atoms with Gasteiger partial charge in [-0.25, -0.2) is 0 Å². The van der Waals surface area contributed by atoms with Gasteiger partial charge in [0.05, 0.1) is 6.20 Å². The van der Waals surface area contributed by atoms with Crippen LogP contribution in [0.15, 0.2) is 66.9 Å². The van der Waals surface area contributed by atoms with Crippen LogP contribution in [-0.4, -0.2) is 41.4 Å². The molecule has 1 N–H and O–H groups in total. The van der Waals surface area contributed by atoms with Gasteiger partial charge in [-0.1, -0.05) is 48.5 Å². The van der Waals surface area contributed by atoms with Crippen LogP contribution < -0.4 is 15.1 Å². The first-order valence-corrected chi connectivity index (χ1v) is 8.91. The zero-order valence-corrected chi connectivity index (χ0v) is 14.6. The number of anilines is 3. The minimum absolute atomic E-state index is 0.691. The Morgan fingerprint density at radius 2 is 1.46 bits per heavy atom. The van der Waals surface area contributed by atoms with Gasteiger partial charge in [-0.2, -0.15) is 10.1 Å². The lowest BCUT2D eigenvalue weighted by Gasteiger charge is -2.35. The second-order valence-corrected chi connectivity index (χ2v) is 6.29. The monoisotopic (exact) mass is 346 g/mol. The SMILES string of the molecule is c1ccc(CNc2cnnc(N3CCN(c4ccccc4)CC3)n2)cc1. The number of nitrogens with zero attached hydrogens (tertiary/aromatic N) is 5. The first kappa shape index (κ1) is 16.3. The van der Waals surface area contributed by atoms with Gasteiger partial charge in [-0.3, -0.25) is 0 Å². The molecule has 0 aliphatic carbocycles. The third-order valence-corrected chi connectivity index (χ3v) is 4.55. The van der Waals surface area contributed by atoms with Gasteiger partial charge in [0.15, 0.2) is 5.82 Å². The minimum Gasteiger partial charge on any atom is -0.368 e. The maximum absolute atomic E-state index is 4.63. The summed E-state index contributed by atoms with van der Waals surface area (Å²) in [5, 5.41) is 11.7. The number of benzene rings is 2. The van der Waals surface area contributed by atoms with Crippen LogP contribution in [0.3, 0.4) is 0 Å². The molecule has 0 amide bonds. The molecule has 132 valence electrons. The maximum atomic E-state index is 4.63. The lowest BCUT2D eigenvalue weighted by Crippen LogP contribution is -2.47. The van der Waals surface area contributed by atoms with E-state index in [9.17, 15) is 0 Å². The van der Waals surface area contributed by atoms with Crippen molar-refractivity contribution < 1.29 is 0 Å². The van der Waals surface area contributed by atoms with E-state index in [1.807, 2.05) is 24.3 Å². The highest BCUT2D eigenvalue weighted by atomic mass is 15.4. The largest absolute Gasteiger partial charge is 0.368 e. The Labute approximate surface area is 153 Å². The van der Waals surface area contributed by atoms with Crippen molar-refractivity contribution in [1.82, 2.24) is 15.2 Å².